The minimum Gasteiger partial charge on any atom is -0.483 e. The summed E-state index contributed by atoms with van der Waals surface area (Å²) in [7, 11) is 0. The summed E-state index contributed by atoms with van der Waals surface area (Å²) in [6, 6.07) is 11.2. The summed E-state index contributed by atoms with van der Waals surface area (Å²) in [4.78, 5) is 33.8. The van der Waals surface area contributed by atoms with E-state index < -0.39 is 16.7 Å². The molecule has 3 N–H and O–H groups in total. The van der Waals surface area contributed by atoms with Crippen molar-refractivity contribution in [1.82, 2.24) is 16.2 Å². The first-order chi connectivity index (χ1) is 14.3. The second-order valence-corrected chi connectivity index (χ2v) is 6.57. The maximum atomic E-state index is 11.9. The second kappa shape index (κ2) is 10.7. The summed E-state index contributed by atoms with van der Waals surface area (Å²) < 4.78 is 5.47. The smallest absolute Gasteiger partial charge is 0.276 e. The summed E-state index contributed by atoms with van der Waals surface area (Å²) in [5.41, 5.74) is 7.29. The van der Waals surface area contributed by atoms with E-state index >= 15 is 0 Å². The van der Waals surface area contributed by atoms with Crippen molar-refractivity contribution < 1.29 is 19.2 Å². The van der Waals surface area contributed by atoms with Crippen LogP contribution in [0.5, 0.6) is 5.75 Å². The molecule has 0 saturated heterocycles. The number of non-ortho nitro benzene ring substituents is 1. The predicted octanol–water partition coefficient (Wildman–Crippen LogP) is 2.33. The molecule has 10 heteroatoms. The molecule has 156 valence electrons. The Morgan fingerprint density at radius 1 is 1.13 bits per heavy atom. The van der Waals surface area contributed by atoms with E-state index in [1.165, 1.54) is 36.4 Å². The first-order valence-electron chi connectivity index (χ1n) is 8.77. The largest absolute Gasteiger partial charge is 0.483 e. The molecule has 2 amide bonds. The fourth-order valence-electron chi connectivity index (χ4n) is 2.25. The van der Waals surface area contributed by atoms with Crippen molar-refractivity contribution in [2.45, 2.75) is 13.8 Å². The number of hydrazine groups is 1. The molecule has 0 aliphatic rings. The Labute approximate surface area is 178 Å². The molecule has 0 aliphatic heterocycles. The van der Waals surface area contributed by atoms with Crippen molar-refractivity contribution in [2.75, 3.05) is 6.61 Å². The Morgan fingerprint density at radius 3 is 2.50 bits per heavy atom. The molecular weight excluding hydrogens is 408 g/mol. The fraction of sp³-hybridized carbons (Fsp3) is 0.150. The topological polar surface area (TPSA) is 123 Å². The van der Waals surface area contributed by atoms with E-state index in [2.05, 4.69) is 16.2 Å². The van der Waals surface area contributed by atoms with Crippen LogP contribution in [0.2, 0.25) is 0 Å². The van der Waals surface area contributed by atoms with E-state index in [1.54, 1.807) is 6.07 Å². The SMILES string of the molecule is Cc1cccc(OCC(=O)NNC(=S)NC(=O)/C=C/c2ccc([N+](=O)[O-])cc2)c1C. The highest BCUT2D eigenvalue weighted by Crippen LogP contribution is 2.20. The van der Waals surface area contributed by atoms with Gasteiger partial charge in [0.2, 0.25) is 5.91 Å². The summed E-state index contributed by atoms with van der Waals surface area (Å²) in [6.45, 7) is 3.62. The van der Waals surface area contributed by atoms with Crippen molar-refractivity contribution in [3.05, 3.63) is 75.3 Å². The van der Waals surface area contributed by atoms with Gasteiger partial charge in [-0.3, -0.25) is 35.9 Å². The third kappa shape index (κ3) is 6.99. The van der Waals surface area contributed by atoms with Crippen LogP contribution in [0.25, 0.3) is 6.08 Å². The number of hydrogen-bond acceptors (Lipinski definition) is 6. The molecule has 0 aromatic heterocycles. The molecular formula is C20H20N4O5S. The third-order valence-electron chi connectivity index (χ3n) is 4.00. The lowest BCUT2D eigenvalue weighted by Gasteiger charge is -2.12. The fourth-order valence-corrected chi connectivity index (χ4v) is 2.40. The molecule has 0 aliphatic carbocycles. The Hall–Kier alpha value is -3.79. The first kappa shape index (κ1) is 22.5. The van der Waals surface area contributed by atoms with Crippen molar-refractivity contribution >= 4 is 40.9 Å². The molecule has 0 spiro atoms. The number of hydrogen-bond donors (Lipinski definition) is 3. The van der Waals surface area contributed by atoms with Crippen molar-refractivity contribution in [3.8, 4) is 5.75 Å². The van der Waals surface area contributed by atoms with Gasteiger partial charge in [-0.15, -0.1) is 0 Å². The normalized spacial score (nSPS) is 10.3. The van der Waals surface area contributed by atoms with Crippen molar-refractivity contribution in [3.63, 3.8) is 0 Å². The average Bonchev–Trinajstić information content (AvgIpc) is 2.72. The van der Waals surface area contributed by atoms with Crippen LogP contribution >= 0.6 is 12.2 Å². The molecule has 0 fully saturated rings. The number of amides is 2. The lowest BCUT2D eigenvalue weighted by atomic mass is 10.1. The maximum absolute atomic E-state index is 11.9. The minimum atomic E-state index is -0.535. The van der Waals surface area contributed by atoms with Crippen LogP contribution in [-0.2, 0) is 9.59 Å². The molecule has 0 saturated carbocycles. The maximum Gasteiger partial charge on any atom is 0.276 e. The Morgan fingerprint density at radius 2 is 1.83 bits per heavy atom. The molecule has 2 rings (SSSR count). The molecule has 0 bridgehead atoms. The number of aryl methyl sites for hydroxylation is 1. The van der Waals surface area contributed by atoms with Gasteiger partial charge in [0.1, 0.15) is 5.75 Å². The number of nitro groups is 1. The standard InChI is InChI=1S/C20H20N4O5S/c1-13-4-3-5-17(14(13)2)29-12-19(26)22-23-20(30)21-18(25)11-8-15-6-9-16(10-7-15)24(27)28/h3-11H,12H2,1-2H3,(H,22,26)(H2,21,23,25,30)/b11-8+. The van der Waals surface area contributed by atoms with E-state index in [9.17, 15) is 19.7 Å². The summed E-state index contributed by atoms with van der Waals surface area (Å²) in [5, 5.41) is 12.9. The van der Waals surface area contributed by atoms with Gasteiger partial charge in [0.15, 0.2) is 11.7 Å². The molecule has 30 heavy (non-hydrogen) atoms. The average molecular weight is 428 g/mol. The van der Waals surface area contributed by atoms with Gasteiger partial charge < -0.3 is 4.74 Å². The van der Waals surface area contributed by atoms with Gasteiger partial charge >= 0.3 is 0 Å². The third-order valence-corrected chi connectivity index (χ3v) is 4.20. The van der Waals surface area contributed by atoms with Crippen LogP contribution in [0.4, 0.5) is 5.69 Å². The van der Waals surface area contributed by atoms with Crippen molar-refractivity contribution in [2.24, 2.45) is 0 Å². The molecule has 2 aromatic carbocycles. The number of nitrogens with one attached hydrogen (secondary N) is 3. The van der Waals surface area contributed by atoms with E-state index in [0.717, 1.165) is 11.1 Å². The van der Waals surface area contributed by atoms with Crippen LogP contribution in [0.15, 0.2) is 48.5 Å². The van der Waals surface area contributed by atoms with Gasteiger partial charge in [-0.25, -0.2) is 0 Å². The zero-order valence-electron chi connectivity index (χ0n) is 16.3. The van der Waals surface area contributed by atoms with Gasteiger partial charge in [0, 0.05) is 18.2 Å². The monoisotopic (exact) mass is 428 g/mol. The van der Waals surface area contributed by atoms with Gasteiger partial charge in [0.25, 0.3) is 11.6 Å². The Kier molecular flexibility index (Phi) is 8.00. The number of ether oxygens (including phenoxy) is 1. The molecule has 0 heterocycles. The molecule has 2 aromatic rings. The van der Waals surface area contributed by atoms with Crippen LogP contribution < -0.4 is 20.9 Å². The molecule has 9 nitrogen and oxygen atoms in total. The van der Waals surface area contributed by atoms with Crippen molar-refractivity contribution in [1.29, 1.82) is 0 Å². The van der Waals surface area contributed by atoms with Gasteiger partial charge in [0.05, 0.1) is 4.92 Å². The van der Waals surface area contributed by atoms with Crippen LogP contribution in [0, 0.1) is 24.0 Å². The minimum absolute atomic E-state index is 0.0424. The van der Waals surface area contributed by atoms with E-state index in [4.69, 9.17) is 17.0 Å². The summed E-state index contributed by atoms with van der Waals surface area (Å²) in [6.07, 6.45) is 2.68. The van der Waals surface area contributed by atoms with Gasteiger partial charge in [-0.2, -0.15) is 0 Å². The van der Waals surface area contributed by atoms with E-state index in [0.29, 0.717) is 11.3 Å². The number of carbonyl (C=O) groups excluding carboxylic acids is 2. The summed E-state index contributed by atoms with van der Waals surface area (Å²) >= 11 is 4.93. The molecule has 0 atom stereocenters. The van der Waals surface area contributed by atoms with Gasteiger partial charge in [-0.05, 0) is 67.0 Å². The van der Waals surface area contributed by atoms with Gasteiger partial charge in [-0.1, -0.05) is 12.1 Å². The number of rotatable bonds is 6. The molecule has 0 unspecified atom stereocenters. The highest BCUT2D eigenvalue weighted by atomic mass is 32.1. The lowest BCUT2D eigenvalue weighted by molar-refractivity contribution is -0.384. The van der Waals surface area contributed by atoms with E-state index in [1.807, 2.05) is 26.0 Å². The highest BCUT2D eigenvalue weighted by molar-refractivity contribution is 7.80. The number of thiocarbonyl (C=S) groups is 1. The van der Waals surface area contributed by atoms with Crippen LogP contribution in [-0.4, -0.2) is 28.5 Å². The van der Waals surface area contributed by atoms with E-state index in [-0.39, 0.29) is 17.4 Å². The number of carbonyl (C=O) groups is 2. The predicted molar refractivity (Wildman–Crippen MR) is 116 cm³/mol. The quantitative estimate of drug-likeness (QED) is 0.279. The summed E-state index contributed by atoms with van der Waals surface area (Å²) in [5.74, 6) is -0.405. The molecule has 0 radical (unpaired) electrons. The number of benzene rings is 2. The zero-order valence-corrected chi connectivity index (χ0v) is 17.1. The Bertz CT molecular complexity index is 989. The number of nitrogens with zero attached hydrogens (tertiary/aromatic N) is 1. The zero-order chi connectivity index (χ0) is 22.1. The Balaban J connectivity index is 1.74. The number of nitro benzene ring substituents is 1. The van der Waals surface area contributed by atoms with Crippen LogP contribution in [0.3, 0.4) is 0 Å². The highest BCUT2D eigenvalue weighted by Gasteiger charge is 2.07. The second-order valence-electron chi connectivity index (χ2n) is 6.16. The lowest BCUT2D eigenvalue weighted by Crippen LogP contribution is -2.49. The first-order valence-corrected chi connectivity index (χ1v) is 9.18. The van der Waals surface area contributed by atoms with Crippen LogP contribution in [0.1, 0.15) is 16.7 Å².